The molecular formula is C23H21F3N2O3S. The first-order chi connectivity index (χ1) is 15.2. The maximum Gasteiger partial charge on any atom is 0.241 e. The molecule has 0 heterocycles. The third-order valence-corrected chi connectivity index (χ3v) is 6.37. The number of sulfonamides is 1. The molecule has 9 heteroatoms. The lowest BCUT2D eigenvalue weighted by atomic mass is 10.1. The van der Waals surface area contributed by atoms with E-state index in [1.165, 1.54) is 12.1 Å². The molecule has 32 heavy (non-hydrogen) atoms. The standard InChI is InChI=1S/C23H21F3N2O3S/c1-15(17-5-3-2-4-6-17)28-32(30,31)18-10-7-16(8-11-18)9-14-21(29)27-20-13-12-19(24)22(25)23(20)26/h2-8,10-13,15,28H,9,14H2,1H3,(H,27,29)/t15-/m0/s1. The van der Waals surface area contributed by atoms with Crippen molar-refractivity contribution < 1.29 is 26.4 Å². The molecule has 0 aliphatic heterocycles. The Labute approximate surface area is 184 Å². The number of hydrogen-bond acceptors (Lipinski definition) is 3. The fourth-order valence-electron chi connectivity index (χ4n) is 3.04. The van der Waals surface area contributed by atoms with Crippen molar-refractivity contribution in [2.24, 2.45) is 0 Å². The lowest BCUT2D eigenvalue weighted by molar-refractivity contribution is -0.116. The quantitative estimate of drug-likeness (QED) is 0.476. The highest BCUT2D eigenvalue weighted by Crippen LogP contribution is 2.21. The van der Waals surface area contributed by atoms with E-state index in [1.807, 2.05) is 30.3 Å². The topological polar surface area (TPSA) is 75.3 Å². The van der Waals surface area contributed by atoms with Gasteiger partial charge in [-0.1, -0.05) is 42.5 Å². The molecule has 0 aromatic heterocycles. The van der Waals surface area contributed by atoms with E-state index < -0.39 is 45.1 Å². The van der Waals surface area contributed by atoms with Crippen LogP contribution in [0.2, 0.25) is 0 Å². The zero-order chi connectivity index (χ0) is 23.3. The number of carbonyl (C=O) groups excluding carboxylic acids is 1. The second-order valence-corrected chi connectivity index (χ2v) is 8.88. The highest BCUT2D eigenvalue weighted by atomic mass is 32.2. The zero-order valence-corrected chi connectivity index (χ0v) is 17.9. The molecule has 3 aromatic carbocycles. The van der Waals surface area contributed by atoms with Gasteiger partial charge in [0.05, 0.1) is 10.6 Å². The van der Waals surface area contributed by atoms with Crippen molar-refractivity contribution in [1.29, 1.82) is 0 Å². The minimum atomic E-state index is -3.75. The van der Waals surface area contributed by atoms with Gasteiger partial charge in [-0.25, -0.2) is 26.3 Å². The lowest BCUT2D eigenvalue weighted by Gasteiger charge is -2.15. The van der Waals surface area contributed by atoms with E-state index in [0.29, 0.717) is 5.56 Å². The van der Waals surface area contributed by atoms with Crippen LogP contribution in [0.5, 0.6) is 0 Å². The van der Waals surface area contributed by atoms with Crippen molar-refractivity contribution in [1.82, 2.24) is 4.72 Å². The largest absolute Gasteiger partial charge is 0.323 e. The van der Waals surface area contributed by atoms with Gasteiger partial charge in [-0.3, -0.25) is 4.79 Å². The molecule has 3 aromatic rings. The SMILES string of the molecule is C[C@H](NS(=O)(=O)c1ccc(CCC(=O)Nc2ccc(F)c(F)c2F)cc1)c1ccccc1. The van der Waals surface area contributed by atoms with Gasteiger partial charge in [0, 0.05) is 12.5 Å². The Morgan fingerprint density at radius 1 is 0.906 bits per heavy atom. The van der Waals surface area contributed by atoms with Crippen LogP contribution in [0.25, 0.3) is 0 Å². The van der Waals surface area contributed by atoms with Gasteiger partial charge < -0.3 is 5.32 Å². The summed E-state index contributed by atoms with van der Waals surface area (Å²) in [5, 5.41) is 2.19. The summed E-state index contributed by atoms with van der Waals surface area (Å²) in [5.74, 6) is -5.06. The maximum atomic E-state index is 13.6. The van der Waals surface area contributed by atoms with Crippen LogP contribution in [0.4, 0.5) is 18.9 Å². The number of halogens is 3. The molecule has 168 valence electrons. The Hall–Kier alpha value is -3.17. The molecule has 0 saturated carbocycles. The second kappa shape index (κ2) is 9.97. The number of amides is 1. The first-order valence-corrected chi connectivity index (χ1v) is 11.3. The second-order valence-electron chi connectivity index (χ2n) is 7.17. The Morgan fingerprint density at radius 3 is 2.22 bits per heavy atom. The van der Waals surface area contributed by atoms with Gasteiger partial charge in [0.2, 0.25) is 15.9 Å². The molecule has 1 amide bonds. The average molecular weight is 462 g/mol. The van der Waals surface area contributed by atoms with Gasteiger partial charge in [0.15, 0.2) is 17.5 Å². The molecule has 5 nitrogen and oxygen atoms in total. The van der Waals surface area contributed by atoms with Gasteiger partial charge in [0.25, 0.3) is 0 Å². The Kier molecular flexibility index (Phi) is 7.32. The fourth-order valence-corrected chi connectivity index (χ4v) is 4.27. The third kappa shape index (κ3) is 5.74. The number of carbonyl (C=O) groups is 1. The lowest BCUT2D eigenvalue weighted by Crippen LogP contribution is -2.26. The summed E-state index contributed by atoms with van der Waals surface area (Å²) in [4.78, 5) is 12.1. The van der Waals surface area contributed by atoms with Crippen LogP contribution < -0.4 is 10.0 Å². The maximum absolute atomic E-state index is 13.6. The summed E-state index contributed by atoms with van der Waals surface area (Å²) >= 11 is 0. The third-order valence-electron chi connectivity index (χ3n) is 4.82. The molecule has 0 aliphatic rings. The van der Waals surface area contributed by atoms with E-state index in [2.05, 4.69) is 10.0 Å². The molecular weight excluding hydrogens is 441 g/mol. The Morgan fingerprint density at radius 2 is 1.56 bits per heavy atom. The van der Waals surface area contributed by atoms with Gasteiger partial charge in [-0.05, 0) is 48.7 Å². The molecule has 0 aliphatic carbocycles. The summed E-state index contributed by atoms with van der Waals surface area (Å²) in [6.07, 6.45) is 0.180. The summed E-state index contributed by atoms with van der Waals surface area (Å²) in [5.41, 5.74) is 1.06. The molecule has 1 atom stereocenters. The molecule has 0 bridgehead atoms. The minimum absolute atomic E-state index is 0.0617. The highest BCUT2D eigenvalue weighted by molar-refractivity contribution is 7.89. The van der Waals surface area contributed by atoms with Crippen molar-refractivity contribution in [2.45, 2.75) is 30.7 Å². The normalized spacial score (nSPS) is 12.4. The Bertz CT molecular complexity index is 1200. The first-order valence-electron chi connectivity index (χ1n) is 9.77. The van der Waals surface area contributed by atoms with Crippen molar-refractivity contribution in [3.63, 3.8) is 0 Å². The molecule has 0 saturated heterocycles. The van der Waals surface area contributed by atoms with E-state index in [0.717, 1.165) is 17.7 Å². The predicted molar refractivity (Wildman–Crippen MR) is 115 cm³/mol. The van der Waals surface area contributed by atoms with Crippen molar-refractivity contribution in [2.75, 3.05) is 5.32 Å². The molecule has 0 radical (unpaired) electrons. The van der Waals surface area contributed by atoms with Crippen LogP contribution in [0.1, 0.15) is 30.5 Å². The van der Waals surface area contributed by atoms with E-state index in [4.69, 9.17) is 0 Å². The molecule has 0 fully saturated rings. The van der Waals surface area contributed by atoms with Crippen LogP contribution in [-0.2, 0) is 21.2 Å². The number of aryl methyl sites for hydroxylation is 1. The average Bonchev–Trinajstić information content (AvgIpc) is 2.78. The predicted octanol–water partition coefficient (Wildman–Crippen LogP) is 4.71. The van der Waals surface area contributed by atoms with Gasteiger partial charge in [-0.2, -0.15) is 0 Å². The van der Waals surface area contributed by atoms with Gasteiger partial charge in [0.1, 0.15) is 0 Å². The fraction of sp³-hybridized carbons (Fsp3) is 0.174. The van der Waals surface area contributed by atoms with Crippen LogP contribution in [0.15, 0.2) is 71.6 Å². The number of nitrogens with one attached hydrogen (secondary N) is 2. The van der Waals surface area contributed by atoms with Crippen LogP contribution in [-0.4, -0.2) is 14.3 Å². The van der Waals surface area contributed by atoms with E-state index in [1.54, 1.807) is 19.1 Å². The highest BCUT2D eigenvalue weighted by Gasteiger charge is 2.19. The number of rotatable bonds is 8. The summed E-state index contributed by atoms with van der Waals surface area (Å²) in [6.45, 7) is 1.75. The van der Waals surface area contributed by atoms with E-state index in [-0.39, 0.29) is 17.7 Å². The molecule has 2 N–H and O–H groups in total. The smallest absolute Gasteiger partial charge is 0.241 e. The monoisotopic (exact) mass is 462 g/mol. The van der Waals surface area contributed by atoms with Crippen LogP contribution >= 0.6 is 0 Å². The summed E-state index contributed by atoms with van der Waals surface area (Å²) in [6, 6.07) is 16.4. The summed E-state index contributed by atoms with van der Waals surface area (Å²) < 4.78 is 67.7. The first kappa shape index (κ1) is 23.5. The van der Waals surface area contributed by atoms with E-state index in [9.17, 15) is 26.4 Å². The van der Waals surface area contributed by atoms with Gasteiger partial charge >= 0.3 is 0 Å². The Balaban J connectivity index is 1.58. The number of anilines is 1. The molecule has 3 rings (SSSR count). The van der Waals surface area contributed by atoms with Crippen LogP contribution in [0.3, 0.4) is 0 Å². The minimum Gasteiger partial charge on any atom is -0.323 e. The van der Waals surface area contributed by atoms with Crippen molar-refractivity contribution in [3.8, 4) is 0 Å². The van der Waals surface area contributed by atoms with Crippen molar-refractivity contribution in [3.05, 3.63) is 95.3 Å². The van der Waals surface area contributed by atoms with Crippen LogP contribution in [0, 0.1) is 17.5 Å². The molecule has 0 spiro atoms. The van der Waals surface area contributed by atoms with E-state index >= 15 is 0 Å². The van der Waals surface area contributed by atoms with Crippen molar-refractivity contribution >= 4 is 21.6 Å². The zero-order valence-electron chi connectivity index (χ0n) is 17.1. The van der Waals surface area contributed by atoms with Gasteiger partial charge in [-0.15, -0.1) is 0 Å². The summed E-state index contributed by atoms with van der Waals surface area (Å²) in [7, 11) is -3.75. The number of benzene rings is 3. The number of hydrogen-bond donors (Lipinski definition) is 2. The molecule has 0 unspecified atom stereocenters.